The van der Waals surface area contributed by atoms with Crippen LogP contribution >= 0.6 is 0 Å². The molecule has 0 N–H and O–H groups in total. The van der Waals surface area contributed by atoms with Gasteiger partial charge >= 0.3 is 0 Å². The lowest BCUT2D eigenvalue weighted by molar-refractivity contribution is -0.145. The SMILES string of the molecule is O=C1[C@H]2CCCC[C@@H]2C(=O)N1C1CCC(CC2CCC(N3C(=O)[C@H]4CCCC[C@H]4C3=O)CC2)CC1. The Labute approximate surface area is 209 Å². The number of likely N-dealkylation sites (tertiary alicyclic amines) is 2. The summed E-state index contributed by atoms with van der Waals surface area (Å²) in [5, 5.41) is 0. The lowest BCUT2D eigenvalue weighted by atomic mass is 9.75. The lowest BCUT2D eigenvalue weighted by Crippen LogP contribution is -2.43. The number of imide groups is 2. The summed E-state index contributed by atoms with van der Waals surface area (Å²) in [6.45, 7) is 0. The van der Waals surface area contributed by atoms with Crippen LogP contribution in [-0.2, 0) is 19.2 Å². The summed E-state index contributed by atoms with van der Waals surface area (Å²) >= 11 is 0. The predicted molar refractivity (Wildman–Crippen MR) is 131 cm³/mol. The molecule has 6 heteroatoms. The minimum Gasteiger partial charge on any atom is -0.279 e. The molecule has 35 heavy (non-hydrogen) atoms. The highest BCUT2D eigenvalue weighted by Crippen LogP contribution is 2.44. The van der Waals surface area contributed by atoms with E-state index in [0.29, 0.717) is 11.8 Å². The smallest absolute Gasteiger partial charge is 0.233 e. The van der Waals surface area contributed by atoms with Gasteiger partial charge in [-0.3, -0.25) is 29.0 Å². The molecule has 0 aromatic heterocycles. The molecule has 0 bridgehead atoms. The van der Waals surface area contributed by atoms with Crippen LogP contribution < -0.4 is 0 Å². The van der Waals surface area contributed by atoms with Gasteiger partial charge in [0.25, 0.3) is 0 Å². The molecule has 2 aliphatic heterocycles. The van der Waals surface area contributed by atoms with Crippen molar-refractivity contribution < 1.29 is 19.2 Å². The van der Waals surface area contributed by atoms with E-state index in [-0.39, 0.29) is 59.4 Å². The summed E-state index contributed by atoms with van der Waals surface area (Å²) in [6.07, 6.45) is 17.5. The Morgan fingerprint density at radius 3 is 1.00 bits per heavy atom. The summed E-state index contributed by atoms with van der Waals surface area (Å²) in [5.74, 6) is 1.79. The maximum Gasteiger partial charge on any atom is 0.233 e. The second kappa shape index (κ2) is 9.63. The van der Waals surface area contributed by atoms with Gasteiger partial charge < -0.3 is 0 Å². The normalized spacial score (nSPS) is 42.4. The Balaban J connectivity index is 0.977. The van der Waals surface area contributed by atoms with Crippen molar-refractivity contribution >= 4 is 23.6 Å². The molecule has 0 aromatic carbocycles. The Hall–Kier alpha value is -1.72. The molecule has 6 fully saturated rings. The molecule has 4 saturated carbocycles. The molecular weight excluding hydrogens is 440 g/mol. The number of amides is 4. The van der Waals surface area contributed by atoms with E-state index in [9.17, 15) is 19.2 Å². The highest BCUT2D eigenvalue weighted by Gasteiger charge is 2.52. The Kier molecular flexibility index (Phi) is 6.51. The number of hydrogen-bond donors (Lipinski definition) is 0. The van der Waals surface area contributed by atoms with Crippen LogP contribution in [0.5, 0.6) is 0 Å². The lowest BCUT2D eigenvalue weighted by Gasteiger charge is -2.38. The van der Waals surface area contributed by atoms with Crippen LogP contribution in [0.15, 0.2) is 0 Å². The first-order valence-corrected chi connectivity index (χ1v) is 14.8. The number of carbonyl (C=O) groups is 4. The third-order valence-electron chi connectivity index (χ3n) is 10.8. The molecule has 192 valence electrons. The van der Waals surface area contributed by atoms with Gasteiger partial charge in [-0.2, -0.15) is 0 Å². The fraction of sp³-hybridized carbons (Fsp3) is 0.862. The van der Waals surface area contributed by atoms with E-state index < -0.39 is 0 Å². The van der Waals surface area contributed by atoms with E-state index in [1.165, 1.54) is 6.42 Å². The van der Waals surface area contributed by atoms with E-state index in [1.807, 2.05) is 0 Å². The molecule has 0 unspecified atom stereocenters. The van der Waals surface area contributed by atoms with E-state index in [4.69, 9.17) is 0 Å². The minimum absolute atomic E-state index is 0.0255. The predicted octanol–water partition coefficient (Wildman–Crippen LogP) is 4.84. The molecule has 6 nitrogen and oxygen atoms in total. The summed E-state index contributed by atoms with van der Waals surface area (Å²) < 4.78 is 0. The van der Waals surface area contributed by atoms with Crippen LogP contribution in [0, 0.1) is 35.5 Å². The van der Waals surface area contributed by atoms with Gasteiger partial charge in [0.05, 0.1) is 23.7 Å². The summed E-state index contributed by atoms with van der Waals surface area (Å²) in [5.41, 5.74) is 0. The zero-order valence-corrected chi connectivity index (χ0v) is 21.2. The summed E-state index contributed by atoms with van der Waals surface area (Å²) in [4.78, 5) is 55.3. The Bertz CT molecular complexity index is 752. The van der Waals surface area contributed by atoms with Crippen LogP contribution in [0.1, 0.15) is 109 Å². The molecule has 0 aromatic rings. The molecule has 0 radical (unpaired) electrons. The minimum atomic E-state index is -0.0255. The van der Waals surface area contributed by atoms with Crippen molar-refractivity contribution in [3.63, 3.8) is 0 Å². The third-order valence-corrected chi connectivity index (χ3v) is 10.8. The molecule has 0 spiro atoms. The number of rotatable bonds is 4. The van der Waals surface area contributed by atoms with E-state index in [2.05, 4.69) is 0 Å². The number of carbonyl (C=O) groups excluding carboxylic acids is 4. The van der Waals surface area contributed by atoms with Gasteiger partial charge in [0, 0.05) is 12.1 Å². The molecular formula is C29H42N2O4. The second-order valence-electron chi connectivity index (χ2n) is 12.7. The highest BCUT2D eigenvalue weighted by atomic mass is 16.2. The fourth-order valence-corrected chi connectivity index (χ4v) is 8.84. The maximum atomic E-state index is 13.0. The quantitative estimate of drug-likeness (QED) is 0.537. The third kappa shape index (κ3) is 4.17. The highest BCUT2D eigenvalue weighted by molar-refractivity contribution is 6.06. The number of fused-ring (bicyclic) bond motifs is 2. The largest absolute Gasteiger partial charge is 0.279 e. The molecule has 2 saturated heterocycles. The average molecular weight is 483 g/mol. The molecule has 6 aliphatic rings. The van der Waals surface area contributed by atoms with Crippen LogP contribution in [0.2, 0.25) is 0 Å². The van der Waals surface area contributed by atoms with Gasteiger partial charge in [0.1, 0.15) is 0 Å². The van der Waals surface area contributed by atoms with Crippen molar-refractivity contribution in [1.29, 1.82) is 0 Å². The van der Waals surface area contributed by atoms with Gasteiger partial charge in [0.15, 0.2) is 0 Å². The zero-order valence-electron chi connectivity index (χ0n) is 21.2. The van der Waals surface area contributed by atoms with E-state index >= 15 is 0 Å². The summed E-state index contributed by atoms with van der Waals surface area (Å²) in [7, 11) is 0. The topological polar surface area (TPSA) is 74.8 Å². The average Bonchev–Trinajstić information content (AvgIpc) is 3.30. The van der Waals surface area contributed by atoms with Crippen LogP contribution in [-0.4, -0.2) is 45.5 Å². The van der Waals surface area contributed by atoms with Crippen molar-refractivity contribution in [3.05, 3.63) is 0 Å². The molecule has 4 aliphatic carbocycles. The maximum absolute atomic E-state index is 13.0. The van der Waals surface area contributed by atoms with Gasteiger partial charge in [-0.05, 0) is 95.3 Å². The van der Waals surface area contributed by atoms with Gasteiger partial charge in [-0.1, -0.05) is 25.7 Å². The van der Waals surface area contributed by atoms with Crippen LogP contribution in [0.3, 0.4) is 0 Å². The van der Waals surface area contributed by atoms with Gasteiger partial charge in [0.2, 0.25) is 23.6 Å². The van der Waals surface area contributed by atoms with Crippen molar-refractivity contribution in [2.45, 2.75) is 121 Å². The summed E-state index contributed by atoms with van der Waals surface area (Å²) in [6, 6.07) is 0.256. The van der Waals surface area contributed by atoms with Crippen molar-refractivity contribution in [1.82, 2.24) is 9.80 Å². The van der Waals surface area contributed by atoms with Gasteiger partial charge in [-0.25, -0.2) is 0 Å². The first-order valence-electron chi connectivity index (χ1n) is 14.8. The fourth-order valence-electron chi connectivity index (χ4n) is 8.84. The Morgan fingerprint density at radius 1 is 0.429 bits per heavy atom. The first kappa shape index (κ1) is 23.7. The van der Waals surface area contributed by atoms with Crippen LogP contribution in [0.25, 0.3) is 0 Å². The molecule has 4 amide bonds. The van der Waals surface area contributed by atoms with E-state index in [0.717, 1.165) is 103 Å². The molecule has 6 rings (SSSR count). The van der Waals surface area contributed by atoms with Crippen molar-refractivity contribution in [2.75, 3.05) is 0 Å². The Morgan fingerprint density at radius 2 is 0.714 bits per heavy atom. The van der Waals surface area contributed by atoms with Crippen LogP contribution in [0.4, 0.5) is 0 Å². The number of hydrogen-bond acceptors (Lipinski definition) is 4. The second-order valence-corrected chi connectivity index (χ2v) is 12.7. The van der Waals surface area contributed by atoms with E-state index in [1.54, 1.807) is 9.80 Å². The standard InChI is InChI=1S/C29H42N2O4/c32-26-22-5-1-2-6-23(22)27(33)30(26)20-13-9-18(10-14-20)17-19-11-15-21(16-12-19)31-28(34)24-7-3-4-8-25(24)29(31)35/h18-25H,1-17H2/t18?,19?,20?,21?,22-,23-,24-,25+/m0/s1. The molecule has 2 heterocycles. The van der Waals surface area contributed by atoms with Gasteiger partial charge in [-0.15, -0.1) is 0 Å². The number of nitrogens with zero attached hydrogens (tertiary/aromatic N) is 2. The monoisotopic (exact) mass is 482 g/mol. The van der Waals surface area contributed by atoms with Crippen molar-refractivity contribution in [3.8, 4) is 0 Å². The molecule has 4 atom stereocenters. The zero-order chi connectivity index (χ0) is 24.1. The van der Waals surface area contributed by atoms with Crippen molar-refractivity contribution in [2.24, 2.45) is 35.5 Å². The first-order chi connectivity index (χ1) is 17.0.